The summed E-state index contributed by atoms with van der Waals surface area (Å²) in [5.74, 6) is -0.803. The van der Waals surface area contributed by atoms with E-state index < -0.39 is 17.2 Å². The van der Waals surface area contributed by atoms with Crippen molar-refractivity contribution in [2.24, 2.45) is 0 Å². The molecule has 0 saturated carbocycles. The fraction of sp³-hybridized carbons (Fsp3) is 0.310. The van der Waals surface area contributed by atoms with E-state index in [9.17, 15) is 19.2 Å². The number of benzene rings is 2. The molecule has 0 saturated heterocycles. The number of rotatable bonds is 8. The number of anilines is 2. The van der Waals surface area contributed by atoms with Crippen LogP contribution in [0.3, 0.4) is 0 Å². The van der Waals surface area contributed by atoms with E-state index in [2.05, 4.69) is 22.6 Å². The van der Waals surface area contributed by atoms with Crippen molar-refractivity contribution < 1.29 is 14.7 Å². The van der Waals surface area contributed by atoms with Crippen molar-refractivity contribution in [1.29, 1.82) is 0 Å². The highest BCUT2D eigenvalue weighted by atomic mass is 16.4. The molecule has 0 atom stereocenters. The summed E-state index contributed by atoms with van der Waals surface area (Å²) in [6, 6.07) is 13.0. The number of fused-ring (bicyclic) bond motifs is 2. The third-order valence-electron chi connectivity index (χ3n) is 6.95. The second-order valence-corrected chi connectivity index (χ2v) is 9.61. The molecule has 0 spiro atoms. The summed E-state index contributed by atoms with van der Waals surface area (Å²) in [6.07, 6.45) is 1.45. The Kier molecular flexibility index (Phi) is 7.95. The molecule has 0 unspecified atom stereocenters. The Morgan fingerprint density at radius 3 is 2.45 bits per heavy atom. The van der Waals surface area contributed by atoms with Gasteiger partial charge in [-0.25, -0.2) is 4.79 Å². The first kappa shape index (κ1) is 26.7. The zero-order valence-corrected chi connectivity index (χ0v) is 21.7. The maximum atomic E-state index is 13.4. The van der Waals surface area contributed by atoms with E-state index in [1.165, 1.54) is 0 Å². The van der Waals surface area contributed by atoms with Crippen LogP contribution in [0.1, 0.15) is 51.9 Å². The molecule has 9 nitrogen and oxygen atoms in total. The van der Waals surface area contributed by atoms with Crippen molar-refractivity contribution in [3.05, 3.63) is 97.7 Å². The maximum Gasteiger partial charge on any atom is 0.327 e. The molecular weight excluding hydrogens is 484 g/mol. The van der Waals surface area contributed by atoms with Crippen LogP contribution in [0, 0.1) is 13.8 Å². The number of hydrogen-bond donors (Lipinski definition) is 3. The monoisotopic (exact) mass is 516 g/mol. The predicted molar refractivity (Wildman–Crippen MR) is 147 cm³/mol. The first-order valence-corrected chi connectivity index (χ1v) is 12.6. The summed E-state index contributed by atoms with van der Waals surface area (Å²) in [5.41, 5.74) is 4.38. The molecule has 9 heteroatoms. The van der Waals surface area contributed by atoms with Crippen molar-refractivity contribution in [2.45, 2.75) is 39.5 Å². The zero-order valence-electron chi connectivity index (χ0n) is 21.7. The molecule has 3 N–H and O–H groups in total. The molecule has 1 amide bonds. The van der Waals surface area contributed by atoms with Gasteiger partial charge in [-0.15, -0.1) is 0 Å². The van der Waals surface area contributed by atoms with E-state index in [4.69, 9.17) is 5.11 Å². The normalized spacial score (nSPS) is 12.8. The SMILES string of the molecule is C=C1CCc2cc(C)c(C)cc2N(CCN(CCCC(=O)O)C(=O)c2ccccc2)c2[nH]c(=O)[nH]c(=O)c21. The van der Waals surface area contributed by atoms with Crippen LogP contribution in [0.15, 0.2) is 58.6 Å². The molecule has 38 heavy (non-hydrogen) atoms. The number of H-pyrrole nitrogens is 2. The van der Waals surface area contributed by atoms with Gasteiger partial charge in [-0.05, 0) is 73.6 Å². The number of allylic oxidation sites excluding steroid dienone is 1. The van der Waals surface area contributed by atoms with Crippen molar-refractivity contribution in [2.75, 3.05) is 24.5 Å². The Hall–Kier alpha value is -4.40. The van der Waals surface area contributed by atoms with Crippen LogP contribution in [0.2, 0.25) is 0 Å². The summed E-state index contributed by atoms with van der Waals surface area (Å²) in [7, 11) is 0. The number of aromatic amines is 2. The minimum Gasteiger partial charge on any atom is -0.481 e. The number of aliphatic carboxylic acids is 1. The Bertz CT molecular complexity index is 1490. The second-order valence-electron chi connectivity index (χ2n) is 9.61. The fourth-order valence-electron chi connectivity index (χ4n) is 4.80. The van der Waals surface area contributed by atoms with Crippen LogP contribution in [0.25, 0.3) is 5.57 Å². The largest absolute Gasteiger partial charge is 0.481 e. The predicted octanol–water partition coefficient (Wildman–Crippen LogP) is 3.78. The maximum absolute atomic E-state index is 13.4. The van der Waals surface area contributed by atoms with Gasteiger partial charge in [0.15, 0.2) is 0 Å². The average Bonchev–Trinajstić information content (AvgIpc) is 2.87. The first-order valence-electron chi connectivity index (χ1n) is 12.6. The number of hydrogen-bond acceptors (Lipinski definition) is 5. The standard InChI is InChI=1S/C29H32N4O5/c1-18-11-12-22-16-19(2)20(3)17-23(22)33(26-25(18)27(36)31-29(38)30-26)15-14-32(13-7-10-24(34)35)28(37)21-8-5-4-6-9-21/h4-6,8-9,16-17H,1,7,10-15H2,2-3H3,(H,34,35)(H2,30,31,36,38). The lowest BCUT2D eigenvalue weighted by Gasteiger charge is -2.33. The number of nitrogens with one attached hydrogen (secondary N) is 2. The zero-order chi connectivity index (χ0) is 27.4. The van der Waals surface area contributed by atoms with Crippen molar-refractivity contribution in [3.63, 3.8) is 0 Å². The lowest BCUT2D eigenvalue weighted by molar-refractivity contribution is -0.137. The van der Waals surface area contributed by atoms with E-state index >= 15 is 0 Å². The van der Waals surface area contributed by atoms with E-state index in [1.54, 1.807) is 29.2 Å². The molecule has 2 heterocycles. The molecule has 4 rings (SSSR count). The number of carbonyl (C=O) groups is 2. The second kappa shape index (κ2) is 11.3. The van der Waals surface area contributed by atoms with Gasteiger partial charge in [-0.2, -0.15) is 0 Å². The highest BCUT2D eigenvalue weighted by Crippen LogP contribution is 2.37. The molecule has 2 aromatic carbocycles. The molecule has 0 radical (unpaired) electrons. The van der Waals surface area contributed by atoms with Gasteiger partial charge in [0.1, 0.15) is 5.82 Å². The Morgan fingerprint density at radius 2 is 1.74 bits per heavy atom. The van der Waals surface area contributed by atoms with Crippen LogP contribution in [0.4, 0.5) is 11.5 Å². The Balaban J connectivity index is 1.77. The van der Waals surface area contributed by atoms with Gasteiger partial charge in [-0.1, -0.05) is 30.8 Å². The summed E-state index contributed by atoms with van der Waals surface area (Å²) >= 11 is 0. The van der Waals surface area contributed by atoms with Gasteiger partial charge in [0, 0.05) is 37.3 Å². The smallest absolute Gasteiger partial charge is 0.327 e. The van der Waals surface area contributed by atoms with Gasteiger partial charge < -0.3 is 14.9 Å². The molecular formula is C29H32N4O5. The molecule has 0 aliphatic carbocycles. The molecule has 3 aromatic rings. The number of nitrogens with zero attached hydrogens (tertiary/aromatic N) is 2. The lowest BCUT2D eigenvalue weighted by Crippen LogP contribution is -2.40. The Morgan fingerprint density at radius 1 is 1.03 bits per heavy atom. The topological polar surface area (TPSA) is 127 Å². The molecule has 0 fully saturated rings. The van der Waals surface area contributed by atoms with Crippen LogP contribution in [0.5, 0.6) is 0 Å². The number of carboxylic acid groups (broad SMARTS) is 1. The van der Waals surface area contributed by atoms with Gasteiger partial charge in [0.2, 0.25) is 0 Å². The molecule has 1 aliphatic heterocycles. The van der Waals surface area contributed by atoms with Crippen LogP contribution >= 0.6 is 0 Å². The summed E-state index contributed by atoms with van der Waals surface area (Å²) in [5, 5.41) is 9.13. The summed E-state index contributed by atoms with van der Waals surface area (Å²) in [6.45, 7) is 8.92. The number of aryl methyl sites for hydroxylation is 3. The number of aromatic nitrogens is 2. The highest BCUT2D eigenvalue weighted by molar-refractivity contribution is 5.94. The van der Waals surface area contributed by atoms with Gasteiger partial charge in [0.25, 0.3) is 11.5 Å². The van der Waals surface area contributed by atoms with Crippen molar-refractivity contribution >= 4 is 29.0 Å². The summed E-state index contributed by atoms with van der Waals surface area (Å²) < 4.78 is 0. The van der Waals surface area contributed by atoms with E-state index in [0.29, 0.717) is 41.8 Å². The fourth-order valence-corrected chi connectivity index (χ4v) is 4.80. The highest BCUT2D eigenvalue weighted by Gasteiger charge is 2.26. The van der Waals surface area contributed by atoms with Gasteiger partial charge in [-0.3, -0.25) is 24.4 Å². The van der Waals surface area contributed by atoms with Crippen molar-refractivity contribution in [1.82, 2.24) is 14.9 Å². The molecule has 1 aliphatic rings. The third-order valence-corrected chi connectivity index (χ3v) is 6.95. The van der Waals surface area contributed by atoms with E-state index in [0.717, 1.165) is 22.4 Å². The van der Waals surface area contributed by atoms with E-state index in [1.807, 2.05) is 30.9 Å². The first-order chi connectivity index (χ1) is 18.2. The third kappa shape index (κ3) is 5.77. The van der Waals surface area contributed by atoms with Gasteiger partial charge >= 0.3 is 11.7 Å². The van der Waals surface area contributed by atoms with Crippen LogP contribution in [-0.2, 0) is 11.2 Å². The average molecular weight is 517 g/mol. The lowest BCUT2D eigenvalue weighted by atomic mass is 9.93. The molecule has 1 aromatic heterocycles. The van der Waals surface area contributed by atoms with E-state index in [-0.39, 0.29) is 32.0 Å². The van der Waals surface area contributed by atoms with Crippen LogP contribution in [-0.4, -0.2) is 51.5 Å². The number of amides is 1. The number of carbonyl (C=O) groups excluding carboxylic acids is 1. The number of carboxylic acids is 1. The summed E-state index contributed by atoms with van der Waals surface area (Å²) in [4.78, 5) is 58.4. The minimum atomic E-state index is -0.926. The van der Waals surface area contributed by atoms with Gasteiger partial charge in [0.05, 0.1) is 5.56 Å². The molecule has 0 bridgehead atoms. The van der Waals surface area contributed by atoms with Crippen molar-refractivity contribution in [3.8, 4) is 0 Å². The minimum absolute atomic E-state index is 0.0606. The Labute approximate surface area is 220 Å². The molecule has 198 valence electrons. The quantitative estimate of drug-likeness (QED) is 0.418. The van der Waals surface area contributed by atoms with Crippen LogP contribution < -0.4 is 16.1 Å².